The van der Waals surface area contributed by atoms with Gasteiger partial charge in [-0.3, -0.25) is 0 Å². The third kappa shape index (κ3) is 3.97. The molecule has 0 aliphatic heterocycles. The summed E-state index contributed by atoms with van der Waals surface area (Å²) in [4.78, 5) is 0. The molecule has 0 amide bonds. The van der Waals surface area contributed by atoms with Crippen molar-refractivity contribution in [1.29, 1.82) is 0 Å². The molecule has 0 bridgehead atoms. The number of ether oxygens (including phenoxy) is 1. The zero-order valence-electron chi connectivity index (χ0n) is 12.5. The normalized spacial score (nSPS) is 12.2. The fourth-order valence-electron chi connectivity index (χ4n) is 2.34. The average Bonchev–Trinajstić information content (AvgIpc) is 2.44. The summed E-state index contributed by atoms with van der Waals surface area (Å²) >= 11 is 0. The molecule has 0 fully saturated rings. The predicted octanol–water partition coefficient (Wildman–Crippen LogP) is 2.63. The van der Waals surface area contributed by atoms with Gasteiger partial charge in [0.25, 0.3) is 0 Å². The molecule has 4 heteroatoms. The highest BCUT2D eigenvalue weighted by Crippen LogP contribution is 2.30. The molecule has 2 aromatic rings. The number of aromatic hydroxyl groups is 1. The molecule has 0 spiro atoms. The van der Waals surface area contributed by atoms with Gasteiger partial charge >= 0.3 is 0 Å². The standard InChI is InChI=1S/C17H22N2O2/c1-11-7-13(9-14(19)10-18)8-12(2)17(11)21-16-5-3-15(20)4-6-16/h3-8,14,20H,9-10,18-19H2,1-2H3. The number of aryl methyl sites for hydroxylation is 2. The topological polar surface area (TPSA) is 81.5 Å². The molecule has 1 unspecified atom stereocenters. The molecule has 21 heavy (non-hydrogen) atoms. The van der Waals surface area contributed by atoms with Gasteiger partial charge in [0.1, 0.15) is 17.2 Å². The first-order valence-corrected chi connectivity index (χ1v) is 7.02. The molecule has 112 valence electrons. The monoisotopic (exact) mass is 286 g/mol. The van der Waals surface area contributed by atoms with Gasteiger partial charge in [0.2, 0.25) is 0 Å². The van der Waals surface area contributed by atoms with Crippen LogP contribution < -0.4 is 16.2 Å². The highest BCUT2D eigenvalue weighted by molar-refractivity contribution is 5.46. The zero-order valence-corrected chi connectivity index (χ0v) is 12.5. The Bertz CT molecular complexity index is 586. The number of hydrogen-bond donors (Lipinski definition) is 3. The van der Waals surface area contributed by atoms with Gasteiger partial charge in [-0.25, -0.2) is 0 Å². The minimum Gasteiger partial charge on any atom is -0.508 e. The Balaban J connectivity index is 2.22. The number of phenolic OH excluding ortho intramolecular Hbond substituents is 1. The van der Waals surface area contributed by atoms with E-state index in [0.29, 0.717) is 12.3 Å². The molecule has 0 aromatic heterocycles. The maximum Gasteiger partial charge on any atom is 0.133 e. The minimum absolute atomic E-state index is 0.0207. The van der Waals surface area contributed by atoms with Gasteiger partial charge in [0.15, 0.2) is 0 Å². The van der Waals surface area contributed by atoms with Crippen LogP contribution in [-0.2, 0) is 6.42 Å². The van der Waals surface area contributed by atoms with E-state index in [-0.39, 0.29) is 11.8 Å². The Hall–Kier alpha value is -2.04. The molecule has 4 nitrogen and oxygen atoms in total. The van der Waals surface area contributed by atoms with Crippen LogP contribution in [0.1, 0.15) is 16.7 Å². The number of rotatable bonds is 5. The molecule has 0 radical (unpaired) electrons. The first-order valence-electron chi connectivity index (χ1n) is 7.02. The van der Waals surface area contributed by atoms with E-state index in [0.717, 1.165) is 23.3 Å². The van der Waals surface area contributed by atoms with Crippen molar-refractivity contribution in [3.05, 3.63) is 53.1 Å². The van der Waals surface area contributed by atoms with Crippen molar-refractivity contribution in [2.75, 3.05) is 6.54 Å². The molecule has 0 saturated carbocycles. The Kier molecular flexibility index (Phi) is 4.83. The first kappa shape index (κ1) is 15.4. The van der Waals surface area contributed by atoms with E-state index >= 15 is 0 Å². The third-order valence-corrected chi connectivity index (χ3v) is 3.38. The van der Waals surface area contributed by atoms with Crippen molar-refractivity contribution in [3.8, 4) is 17.2 Å². The van der Waals surface area contributed by atoms with Gasteiger partial charge in [-0.05, 0) is 61.2 Å². The van der Waals surface area contributed by atoms with E-state index in [1.54, 1.807) is 24.3 Å². The summed E-state index contributed by atoms with van der Waals surface area (Å²) in [6, 6.07) is 10.8. The number of phenols is 1. The van der Waals surface area contributed by atoms with Crippen LogP contribution in [0.5, 0.6) is 17.2 Å². The van der Waals surface area contributed by atoms with Gasteiger partial charge in [0.05, 0.1) is 0 Å². The van der Waals surface area contributed by atoms with E-state index in [1.165, 1.54) is 5.56 Å². The summed E-state index contributed by atoms with van der Waals surface area (Å²) in [6.45, 7) is 4.50. The fraction of sp³-hybridized carbons (Fsp3) is 0.294. The Morgan fingerprint density at radius 3 is 2.19 bits per heavy atom. The first-order chi connectivity index (χ1) is 9.99. The third-order valence-electron chi connectivity index (χ3n) is 3.38. The van der Waals surface area contributed by atoms with Crippen LogP contribution in [0, 0.1) is 13.8 Å². The summed E-state index contributed by atoms with van der Waals surface area (Å²) < 4.78 is 5.91. The molecular weight excluding hydrogens is 264 g/mol. The van der Waals surface area contributed by atoms with Crippen LogP contribution in [-0.4, -0.2) is 17.7 Å². The Morgan fingerprint density at radius 2 is 1.67 bits per heavy atom. The van der Waals surface area contributed by atoms with Crippen molar-refractivity contribution in [2.24, 2.45) is 11.5 Å². The second-order valence-corrected chi connectivity index (χ2v) is 5.35. The average molecular weight is 286 g/mol. The van der Waals surface area contributed by atoms with Gasteiger partial charge in [0, 0.05) is 12.6 Å². The maximum absolute atomic E-state index is 9.30. The lowest BCUT2D eigenvalue weighted by Gasteiger charge is -2.15. The minimum atomic E-state index is -0.0207. The molecule has 5 N–H and O–H groups in total. The van der Waals surface area contributed by atoms with Crippen LogP contribution >= 0.6 is 0 Å². The summed E-state index contributed by atoms with van der Waals surface area (Å²) in [7, 11) is 0. The predicted molar refractivity (Wildman–Crippen MR) is 84.8 cm³/mol. The number of benzene rings is 2. The van der Waals surface area contributed by atoms with Crippen molar-refractivity contribution in [3.63, 3.8) is 0 Å². The molecule has 2 aromatic carbocycles. The Labute approximate surface area is 125 Å². The molecule has 0 aliphatic rings. The van der Waals surface area contributed by atoms with Crippen molar-refractivity contribution in [2.45, 2.75) is 26.3 Å². The van der Waals surface area contributed by atoms with Crippen LogP contribution in [0.25, 0.3) is 0 Å². The lowest BCUT2D eigenvalue weighted by atomic mass is 10.0. The Morgan fingerprint density at radius 1 is 1.10 bits per heavy atom. The lowest BCUT2D eigenvalue weighted by molar-refractivity contribution is 0.461. The summed E-state index contributed by atoms with van der Waals surface area (Å²) in [6.07, 6.45) is 0.762. The quantitative estimate of drug-likeness (QED) is 0.789. The summed E-state index contributed by atoms with van der Waals surface area (Å²) in [5.41, 5.74) is 14.8. The van der Waals surface area contributed by atoms with E-state index in [9.17, 15) is 5.11 Å². The van der Waals surface area contributed by atoms with Crippen molar-refractivity contribution < 1.29 is 9.84 Å². The van der Waals surface area contributed by atoms with Gasteiger partial charge in [-0.15, -0.1) is 0 Å². The van der Waals surface area contributed by atoms with Gasteiger partial charge in [-0.1, -0.05) is 12.1 Å². The molecular formula is C17H22N2O2. The fourth-order valence-corrected chi connectivity index (χ4v) is 2.34. The smallest absolute Gasteiger partial charge is 0.133 e. The van der Waals surface area contributed by atoms with E-state index in [4.69, 9.17) is 16.2 Å². The van der Waals surface area contributed by atoms with Crippen LogP contribution in [0.15, 0.2) is 36.4 Å². The van der Waals surface area contributed by atoms with Crippen LogP contribution in [0.2, 0.25) is 0 Å². The molecule has 0 saturated heterocycles. The van der Waals surface area contributed by atoms with Gasteiger partial charge in [-0.2, -0.15) is 0 Å². The SMILES string of the molecule is Cc1cc(CC(N)CN)cc(C)c1Oc1ccc(O)cc1. The van der Waals surface area contributed by atoms with Gasteiger partial charge < -0.3 is 21.3 Å². The largest absolute Gasteiger partial charge is 0.508 e. The molecule has 0 heterocycles. The van der Waals surface area contributed by atoms with E-state index in [2.05, 4.69) is 12.1 Å². The molecule has 0 aliphatic carbocycles. The number of hydrogen-bond acceptors (Lipinski definition) is 4. The summed E-state index contributed by atoms with van der Waals surface area (Å²) in [5, 5.41) is 9.30. The number of nitrogens with two attached hydrogens (primary N) is 2. The van der Waals surface area contributed by atoms with Crippen LogP contribution in [0.4, 0.5) is 0 Å². The van der Waals surface area contributed by atoms with Crippen LogP contribution in [0.3, 0.4) is 0 Å². The lowest BCUT2D eigenvalue weighted by Crippen LogP contribution is -2.31. The highest BCUT2D eigenvalue weighted by Gasteiger charge is 2.10. The van der Waals surface area contributed by atoms with E-state index in [1.807, 2.05) is 13.8 Å². The second kappa shape index (κ2) is 6.61. The zero-order chi connectivity index (χ0) is 15.4. The molecule has 2 rings (SSSR count). The summed E-state index contributed by atoms with van der Waals surface area (Å²) in [5.74, 6) is 1.76. The maximum atomic E-state index is 9.30. The van der Waals surface area contributed by atoms with Crippen molar-refractivity contribution in [1.82, 2.24) is 0 Å². The second-order valence-electron chi connectivity index (χ2n) is 5.35. The molecule has 1 atom stereocenters. The van der Waals surface area contributed by atoms with E-state index < -0.39 is 0 Å². The van der Waals surface area contributed by atoms with Crippen molar-refractivity contribution >= 4 is 0 Å². The highest BCUT2D eigenvalue weighted by atomic mass is 16.5.